The Hall–Kier alpha value is -1.36. The van der Waals surface area contributed by atoms with Crippen LogP contribution in [0.5, 0.6) is 0 Å². The number of aryl methyl sites for hydroxylation is 2. The molecule has 5 nitrogen and oxygen atoms in total. The molecule has 0 aromatic carbocycles. The summed E-state index contributed by atoms with van der Waals surface area (Å²) in [4.78, 5) is 12.2. The molecule has 0 saturated heterocycles. The third-order valence-electron chi connectivity index (χ3n) is 3.59. The Morgan fingerprint density at radius 2 is 2.11 bits per heavy atom. The molecular formula is C13H21N3O2. The van der Waals surface area contributed by atoms with Crippen LogP contribution in [0, 0.1) is 6.92 Å². The van der Waals surface area contributed by atoms with Gasteiger partial charge in [-0.3, -0.25) is 4.79 Å². The van der Waals surface area contributed by atoms with E-state index in [9.17, 15) is 4.79 Å². The minimum Gasteiger partial charge on any atom is -0.360 e. The fourth-order valence-electron chi connectivity index (χ4n) is 2.47. The number of nitrogens with two attached hydrogens (primary N) is 1. The van der Waals surface area contributed by atoms with E-state index in [1.807, 2.05) is 6.92 Å². The van der Waals surface area contributed by atoms with Crippen LogP contribution in [0.4, 0.5) is 0 Å². The van der Waals surface area contributed by atoms with Crippen molar-refractivity contribution in [2.45, 2.75) is 58.0 Å². The molecule has 0 radical (unpaired) electrons. The van der Waals surface area contributed by atoms with Gasteiger partial charge < -0.3 is 15.6 Å². The number of hydrogen-bond acceptors (Lipinski definition) is 4. The highest BCUT2D eigenvalue weighted by molar-refractivity contribution is 5.96. The van der Waals surface area contributed by atoms with Crippen LogP contribution in [-0.2, 0) is 6.42 Å². The van der Waals surface area contributed by atoms with Crippen molar-refractivity contribution in [3.63, 3.8) is 0 Å². The van der Waals surface area contributed by atoms with Gasteiger partial charge in [-0.05, 0) is 32.6 Å². The summed E-state index contributed by atoms with van der Waals surface area (Å²) in [6, 6.07) is 0.526. The third kappa shape index (κ3) is 2.72. The van der Waals surface area contributed by atoms with Gasteiger partial charge in [-0.1, -0.05) is 12.1 Å². The fraction of sp³-hybridized carbons (Fsp3) is 0.692. The Labute approximate surface area is 107 Å². The molecule has 1 heterocycles. The van der Waals surface area contributed by atoms with Crippen molar-refractivity contribution in [1.29, 1.82) is 0 Å². The Kier molecular flexibility index (Phi) is 4.01. The molecule has 1 aliphatic carbocycles. The molecule has 1 aliphatic rings. The van der Waals surface area contributed by atoms with Crippen LogP contribution in [0.3, 0.4) is 0 Å². The zero-order valence-corrected chi connectivity index (χ0v) is 11.0. The quantitative estimate of drug-likeness (QED) is 0.854. The molecule has 1 aromatic heterocycles. The van der Waals surface area contributed by atoms with Crippen molar-refractivity contribution in [2.75, 3.05) is 0 Å². The Bertz CT molecular complexity index is 420. The van der Waals surface area contributed by atoms with Gasteiger partial charge in [0.05, 0.1) is 5.69 Å². The van der Waals surface area contributed by atoms with Crippen LogP contribution >= 0.6 is 0 Å². The first-order valence-corrected chi connectivity index (χ1v) is 6.63. The Balaban J connectivity index is 2.01. The molecule has 1 fully saturated rings. The second-order valence-electron chi connectivity index (χ2n) is 5.00. The van der Waals surface area contributed by atoms with Gasteiger partial charge in [-0.25, -0.2) is 0 Å². The van der Waals surface area contributed by atoms with E-state index in [4.69, 9.17) is 10.3 Å². The maximum atomic E-state index is 12.2. The molecule has 0 bridgehead atoms. The van der Waals surface area contributed by atoms with E-state index in [2.05, 4.69) is 10.5 Å². The average Bonchev–Trinajstić information content (AvgIpc) is 2.73. The van der Waals surface area contributed by atoms with E-state index in [1.54, 1.807) is 6.92 Å². The number of carbonyl (C=O) groups excluding carboxylic acids is 1. The van der Waals surface area contributed by atoms with Gasteiger partial charge >= 0.3 is 0 Å². The summed E-state index contributed by atoms with van der Waals surface area (Å²) in [7, 11) is 0. The summed E-state index contributed by atoms with van der Waals surface area (Å²) in [6.45, 7) is 3.75. The van der Waals surface area contributed by atoms with E-state index >= 15 is 0 Å². The van der Waals surface area contributed by atoms with Crippen LogP contribution in [0.25, 0.3) is 0 Å². The normalized spacial score (nSPS) is 23.9. The van der Waals surface area contributed by atoms with Gasteiger partial charge in [-0.2, -0.15) is 0 Å². The number of carbonyl (C=O) groups is 1. The zero-order chi connectivity index (χ0) is 13.1. The highest BCUT2D eigenvalue weighted by atomic mass is 16.5. The number of hydrogen-bond donors (Lipinski definition) is 2. The monoisotopic (exact) mass is 251 g/mol. The number of nitrogens with zero attached hydrogens (tertiary/aromatic N) is 1. The van der Waals surface area contributed by atoms with Gasteiger partial charge in [0.2, 0.25) is 0 Å². The van der Waals surface area contributed by atoms with Crippen LogP contribution in [0.2, 0.25) is 0 Å². The molecule has 100 valence electrons. The second-order valence-corrected chi connectivity index (χ2v) is 5.00. The van der Waals surface area contributed by atoms with E-state index in [-0.39, 0.29) is 11.9 Å². The van der Waals surface area contributed by atoms with Crippen molar-refractivity contribution in [2.24, 2.45) is 5.73 Å². The van der Waals surface area contributed by atoms with Crippen LogP contribution < -0.4 is 11.1 Å². The number of aromatic nitrogens is 1. The van der Waals surface area contributed by atoms with Gasteiger partial charge in [0.25, 0.3) is 5.91 Å². The molecule has 0 aliphatic heterocycles. The standard InChI is InChI=1S/C13H21N3O2/c1-3-11-12(8(2)16-18-11)13(17)15-10-6-4-9(14)5-7-10/h9-10H,3-7,14H2,1-2H3,(H,15,17). The Morgan fingerprint density at radius 3 is 2.72 bits per heavy atom. The summed E-state index contributed by atoms with van der Waals surface area (Å²) >= 11 is 0. The minimum absolute atomic E-state index is 0.0638. The molecule has 1 amide bonds. The molecule has 0 atom stereocenters. The average molecular weight is 251 g/mol. The van der Waals surface area contributed by atoms with E-state index < -0.39 is 0 Å². The van der Waals surface area contributed by atoms with Gasteiger partial charge in [0.15, 0.2) is 0 Å². The van der Waals surface area contributed by atoms with Gasteiger partial charge in [-0.15, -0.1) is 0 Å². The van der Waals surface area contributed by atoms with Crippen LogP contribution in [0.1, 0.15) is 54.4 Å². The summed E-state index contributed by atoms with van der Waals surface area (Å²) in [5.41, 5.74) is 7.12. The minimum atomic E-state index is -0.0638. The number of nitrogens with one attached hydrogen (secondary N) is 1. The first-order valence-electron chi connectivity index (χ1n) is 6.63. The fourth-order valence-corrected chi connectivity index (χ4v) is 2.47. The lowest BCUT2D eigenvalue weighted by atomic mass is 9.91. The Morgan fingerprint density at radius 1 is 1.44 bits per heavy atom. The van der Waals surface area contributed by atoms with Crippen LogP contribution in [0.15, 0.2) is 4.52 Å². The number of amides is 1. The first-order chi connectivity index (χ1) is 8.61. The lowest BCUT2D eigenvalue weighted by Gasteiger charge is -2.26. The summed E-state index contributed by atoms with van der Waals surface area (Å²) < 4.78 is 5.14. The van der Waals surface area contributed by atoms with E-state index in [0.29, 0.717) is 29.5 Å². The molecule has 2 rings (SSSR count). The first kappa shape index (κ1) is 13.1. The lowest BCUT2D eigenvalue weighted by Crippen LogP contribution is -2.40. The highest BCUT2D eigenvalue weighted by Crippen LogP contribution is 2.19. The maximum absolute atomic E-state index is 12.2. The molecule has 18 heavy (non-hydrogen) atoms. The molecular weight excluding hydrogens is 230 g/mol. The number of rotatable bonds is 3. The zero-order valence-electron chi connectivity index (χ0n) is 11.0. The van der Waals surface area contributed by atoms with Gasteiger partial charge in [0.1, 0.15) is 11.3 Å². The predicted octanol–water partition coefficient (Wildman–Crippen LogP) is 1.55. The highest BCUT2D eigenvalue weighted by Gasteiger charge is 2.24. The van der Waals surface area contributed by atoms with E-state index in [1.165, 1.54) is 0 Å². The summed E-state index contributed by atoms with van der Waals surface area (Å²) in [6.07, 6.45) is 4.55. The molecule has 0 spiro atoms. The smallest absolute Gasteiger partial charge is 0.257 e. The molecule has 1 saturated carbocycles. The second kappa shape index (κ2) is 5.52. The van der Waals surface area contributed by atoms with Crippen molar-refractivity contribution in [3.05, 3.63) is 17.0 Å². The lowest BCUT2D eigenvalue weighted by molar-refractivity contribution is 0.0923. The SMILES string of the molecule is CCc1onc(C)c1C(=O)NC1CCC(N)CC1. The van der Waals surface area contributed by atoms with Crippen molar-refractivity contribution < 1.29 is 9.32 Å². The van der Waals surface area contributed by atoms with E-state index in [0.717, 1.165) is 25.7 Å². The van der Waals surface area contributed by atoms with Crippen molar-refractivity contribution in [1.82, 2.24) is 10.5 Å². The molecule has 3 N–H and O–H groups in total. The van der Waals surface area contributed by atoms with Crippen molar-refractivity contribution in [3.8, 4) is 0 Å². The predicted molar refractivity (Wildman–Crippen MR) is 68.3 cm³/mol. The molecule has 0 unspecified atom stereocenters. The topological polar surface area (TPSA) is 81.2 Å². The van der Waals surface area contributed by atoms with Crippen molar-refractivity contribution >= 4 is 5.91 Å². The van der Waals surface area contributed by atoms with Crippen LogP contribution in [-0.4, -0.2) is 23.1 Å². The molecule has 5 heteroatoms. The third-order valence-corrected chi connectivity index (χ3v) is 3.59. The molecule has 1 aromatic rings. The van der Waals surface area contributed by atoms with Gasteiger partial charge in [0, 0.05) is 18.5 Å². The summed E-state index contributed by atoms with van der Waals surface area (Å²) in [5, 5.41) is 6.92. The summed E-state index contributed by atoms with van der Waals surface area (Å²) in [5.74, 6) is 0.601. The largest absolute Gasteiger partial charge is 0.360 e. The maximum Gasteiger partial charge on any atom is 0.257 e.